The van der Waals surface area contributed by atoms with Crippen molar-refractivity contribution in [1.82, 2.24) is 4.98 Å². The van der Waals surface area contributed by atoms with Crippen LogP contribution in [0.4, 0.5) is 0 Å². The molecule has 0 saturated carbocycles. The van der Waals surface area contributed by atoms with E-state index >= 15 is 0 Å². The standard InChI is InChI=1S/C8H8ClNO/c9-7-4-2-5-1-3-6(11)8(5)10-7/h2,4,6,11H,1,3H2/i2D. The first-order chi connectivity index (χ1) is 5.68. The van der Waals surface area contributed by atoms with Gasteiger partial charge in [0.15, 0.2) is 0 Å². The Balaban J connectivity index is 2.60. The molecule has 1 aliphatic carbocycles. The Morgan fingerprint density at radius 3 is 3.45 bits per heavy atom. The number of aliphatic hydroxyl groups excluding tert-OH is 1. The smallest absolute Gasteiger partial charge is 0.129 e. The number of aliphatic hydroxyl groups is 1. The van der Waals surface area contributed by atoms with Crippen molar-refractivity contribution in [2.75, 3.05) is 0 Å². The van der Waals surface area contributed by atoms with Gasteiger partial charge in [-0.1, -0.05) is 17.6 Å². The molecule has 0 saturated heterocycles. The van der Waals surface area contributed by atoms with Gasteiger partial charge < -0.3 is 5.11 Å². The molecule has 1 aliphatic rings. The van der Waals surface area contributed by atoms with Crippen molar-refractivity contribution in [3.63, 3.8) is 0 Å². The van der Waals surface area contributed by atoms with E-state index < -0.39 is 6.10 Å². The van der Waals surface area contributed by atoms with Crippen LogP contribution in [0.3, 0.4) is 0 Å². The van der Waals surface area contributed by atoms with E-state index in [9.17, 15) is 5.11 Å². The highest BCUT2D eigenvalue weighted by atomic mass is 35.5. The highest BCUT2D eigenvalue weighted by Gasteiger charge is 2.21. The lowest BCUT2D eigenvalue weighted by molar-refractivity contribution is 0.176. The fourth-order valence-electron chi connectivity index (χ4n) is 1.33. The first kappa shape index (κ1) is 5.98. The van der Waals surface area contributed by atoms with Crippen LogP contribution in [0.15, 0.2) is 12.1 Å². The predicted molar refractivity (Wildman–Crippen MR) is 42.5 cm³/mol. The van der Waals surface area contributed by atoms with Gasteiger partial charge in [0.25, 0.3) is 0 Å². The molecule has 1 N–H and O–H groups in total. The maximum Gasteiger partial charge on any atom is 0.129 e. The molecule has 1 unspecified atom stereocenters. The number of aromatic nitrogens is 1. The Morgan fingerprint density at radius 2 is 2.64 bits per heavy atom. The van der Waals surface area contributed by atoms with Crippen LogP contribution in [0.25, 0.3) is 0 Å². The van der Waals surface area contributed by atoms with E-state index in [0.29, 0.717) is 23.3 Å². The molecule has 0 fully saturated rings. The zero-order chi connectivity index (χ0) is 8.72. The molecule has 2 nitrogen and oxygen atoms in total. The summed E-state index contributed by atoms with van der Waals surface area (Å²) < 4.78 is 7.55. The van der Waals surface area contributed by atoms with Crippen LogP contribution >= 0.6 is 11.6 Å². The lowest BCUT2D eigenvalue weighted by atomic mass is 10.2. The maximum absolute atomic E-state index is 9.43. The topological polar surface area (TPSA) is 33.1 Å². The van der Waals surface area contributed by atoms with Gasteiger partial charge in [0, 0.05) is 0 Å². The van der Waals surface area contributed by atoms with Crippen LogP contribution in [0.1, 0.15) is 25.2 Å². The molecule has 0 radical (unpaired) electrons. The Hall–Kier alpha value is -0.600. The zero-order valence-electron chi connectivity index (χ0n) is 6.84. The van der Waals surface area contributed by atoms with Crippen molar-refractivity contribution in [3.05, 3.63) is 28.5 Å². The Morgan fingerprint density at radius 1 is 1.82 bits per heavy atom. The number of nitrogens with zero attached hydrogens (tertiary/aromatic N) is 1. The van der Waals surface area contributed by atoms with Gasteiger partial charge in [-0.25, -0.2) is 4.98 Å². The molecule has 3 heteroatoms. The fraction of sp³-hybridized carbons (Fsp3) is 0.375. The predicted octanol–water partition coefficient (Wildman–Crippen LogP) is 1.71. The van der Waals surface area contributed by atoms with Gasteiger partial charge in [-0.05, 0) is 24.5 Å². The second-order valence-corrected chi connectivity index (χ2v) is 3.03. The summed E-state index contributed by atoms with van der Waals surface area (Å²) in [6, 6.07) is 1.90. The minimum Gasteiger partial charge on any atom is -0.387 e. The first-order valence-electron chi connectivity index (χ1n) is 4.02. The van der Waals surface area contributed by atoms with Crippen LogP contribution < -0.4 is 0 Å². The summed E-state index contributed by atoms with van der Waals surface area (Å²) in [7, 11) is 0. The number of hydrogen-bond acceptors (Lipinski definition) is 2. The van der Waals surface area contributed by atoms with Gasteiger partial charge in [0.2, 0.25) is 0 Å². The summed E-state index contributed by atoms with van der Waals surface area (Å²) in [5.41, 5.74) is 1.43. The van der Waals surface area contributed by atoms with Crippen molar-refractivity contribution in [1.29, 1.82) is 0 Å². The molecule has 0 bridgehead atoms. The third-order valence-corrected chi connectivity index (χ3v) is 2.08. The second-order valence-electron chi connectivity index (χ2n) is 2.64. The highest BCUT2D eigenvalue weighted by molar-refractivity contribution is 6.29. The molecule has 1 aromatic rings. The monoisotopic (exact) mass is 170 g/mol. The summed E-state index contributed by atoms with van der Waals surface area (Å²) in [5.74, 6) is 0. The van der Waals surface area contributed by atoms with Crippen LogP contribution in [0, 0.1) is 0 Å². The van der Waals surface area contributed by atoms with Crippen molar-refractivity contribution >= 4 is 11.6 Å². The van der Waals surface area contributed by atoms with E-state index in [1.54, 1.807) is 0 Å². The molecule has 58 valence electrons. The van der Waals surface area contributed by atoms with Gasteiger partial charge in [-0.2, -0.15) is 0 Å². The van der Waals surface area contributed by atoms with Crippen molar-refractivity contribution in [2.24, 2.45) is 0 Å². The third-order valence-electron chi connectivity index (χ3n) is 1.89. The first-order valence-corrected chi connectivity index (χ1v) is 3.90. The van der Waals surface area contributed by atoms with E-state index in [1.165, 1.54) is 6.07 Å². The summed E-state index contributed by atoms with van der Waals surface area (Å²) in [6.07, 6.45) is 0.872. The Labute approximate surface area is 71.2 Å². The zero-order valence-corrected chi connectivity index (χ0v) is 6.60. The molecule has 0 aromatic carbocycles. The molecular formula is C8H8ClNO. The van der Waals surface area contributed by atoms with Crippen molar-refractivity contribution < 1.29 is 6.48 Å². The van der Waals surface area contributed by atoms with Crippen LogP contribution in [-0.4, -0.2) is 10.1 Å². The summed E-state index contributed by atoms with van der Waals surface area (Å²) in [4.78, 5) is 3.99. The average molecular weight is 171 g/mol. The minimum atomic E-state index is -0.525. The summed E-state index contributed by atoms with van der Waals surface area (Å²) >= 11 is 5.65. The normalized spacial score (nSPS) is 23.1. The number of rotatable bonds is 0. The molecule has 0 amide bonds. The third kappa shape index (κ3) is 1.12. The Bertz CT molecular complexity index is 329. The molecule has 0 spiro atoms. The number of pyridine rings is 1. The van der Waals surface area contributed by atoms with Crippen molar-refractivity contribution in [2.45, 2.75) is 18.9 Å². The SMILES string of the molecule is [2H]c1cc(Cl)nc2c1CCC2O. The quantitative estimate of drug-likeness (QED) is 0.602. The number of hydrogen-bond donors (Lipinski definition) is 1. The molecule has 0 aliphatic heterocycles. The van der Waals surface area contributed by atoms with E-state index in [0.717, 1.165) is 12.0 Å². The molecule has 1 heterocycles. The molecule has 1 atom stereocenters. The van der Waals surface area contributed by atoms with Gasteiger partial charge in [-0.15, -0.1) is 0 Å². The van der Waals surface area contributed by atoms with Gasteiger partial charge in [-0.3, -0.25) is 0 Å². The molecule has 11 heavy (non-hydrogen) atoms. The van der Waals surface area contributed by atoms with E-state index in [2.05, 4.69) is 4.98 Å². The van der Waals surface area contributed by atoms with Gasteiger partial charge in [0.05, 0.1) is 13.2 Å². The number of halogens is 1. The summed E-state index contributed by atoms with van der Waals surface area (Å²) in [5, 5.41) is 9.72. The van der Waals surface area contributed by atoms with Crippen LogP contribution in [0.5, 0.6) is 0 Å². The average Bonchev–Trinajstić information content (AvgIpc) is 2.33. The molecular weight excluding hydrogens is 162 g/mol. The van der Waals surface area contributed by atoms with Crippen molar-refractivity contribution in [3.8, 4) is 0 Å². The van der Waals surface area contributed by atoms with Gasteiger partial charge >= 0.3 is 0 Å². The lowest BCUT2D eigenvalue weighted by Gasteiger charge is -2.01. The minimum absolute atomic E-state index is 0.291. The van der Waals surface area contributed by atoms with E-state index in [1.807, 2.05) is 0 Å². The molecule has 1 aromatic heterocycles. The lowest BCUT2D eigenvalue weighted by Crippen LogP contribution is -1.94. The van der Waals surface area contributed by atoms with Crippen LogP contribution in [-0.2, 0) is 6.42 Å². The molecule has 2 rings (SSSR count). The fourth-order valence-corrected chi connectivity index (χ4v) is 1.47. The van der Waals surface area contributed by atoms with E-state index in [-0.39, 0.29) is 0 Å². The number of fused-ring (bicyclic) bond motifs is 1. The van der Waals surface area contributed by atoms with E-state index in [4.69, 9.17) is 13.0 Å². The summed E-state index contributed by atoms with van der Waals surface area (Å²) in [6.45, 7) is 0. The largest absolute Gasteiger partial charge is 0.387 e. The highest BCUT2D eigenvalue weighted by Crippen LogP contribution is 2.29. The maximum atomic E-state index is 9.43. The van der Waals surface area contributed by atoms with Gasteiger partial charge in [0.1, 0.15) is 5.15 Å². The second kappa shape index (κ2) is 2.47. The van der Waals surface area contributed by atoms with Crippen LogP contribution in [0.2, 0.25) is 5.15 Å². The Kier molecular flexibility index (Phi) is 1.34.